The number of nitrogens with zero attached hydrogens (tertiary/aromatic N) is 2. The molecule has 0 bridgehead atoms. The van der Waals surface area contributed by atoms with Crippen molar-refractivity contribution >= 4 is 29.5 Å². The van der Waals surface area contributed by atoms with Crippen LogP contribution in [-0.2, 0) is 30.5 Å². The van der Waals surface area contributed by atoms with E-state index in [4.69, 9.17) is 14.2 Å². The Labute approximate surface area is 309 Å². The Morgan fingerprint density at radius 3 is 1.98 bits per heavy atom. The molecule has 0 radical (unpaired) electrons. The molecule has 1 aliphatic rings. The first kappa shape index (κ1) is 38.9. The van der Waals surface area contributed by atoms with Crippen LogP contribution in [0.1, 0.15) is 42.2 Å². The van der Waals surface area contributed by atoms with Gasteiger partial charge >= 0.3 is 17.8 Å². The average molecular weight is 749 g/mol. The van der Waals surface area contributed by atoms with Crippen molar-refractivity contribution in [2.75, 3.05) is 19.5 Å². The quantitative estimate of drug-likeness (QED) is 0.110. The molecule has 0 fully saturated rings. The van der Waals surface area contributed by atoms with Gasteiger partial charge in [0.2, 0.25) is 5.91 Å². The minimum atomic E-state index is -4.72. The predicted octanol–water partition coefficient (Wildman–Crippen LogP) is 7.15. The summed E-state index contributed by atoms with van der Waals surface area (Å²) >= 11 is 1.37. The van der Waals surface area contributed by atoms with Gasteiger partial charge in [-0.1, -0.05) is 98.8 Å². The molecular formula is C39H39F3N4O6S. The van der Waals surface area contributed by atoms with Gasteiger partial charge in [0.25, 0.3) is 5.91 Å². The van der Waals surface area contributed by atoms with E-state index in [1.807, 2.05) is 84.9 Å². The van der Waals surface area contributed by atoms with E-state index >= 15 is 0 Å². The van der Waals surface area contributed by atoms with Crippen LogP contribution >= 0.6 is 11.8 Å². The molecule has 0 saturated carbocycles. The molecule has 4 aromatic carbocycles. The first-order valence-electron chi connectivity index (χ1n) is 16.7. The van der Waals surface area contributed by atoms with Crippen LogP contribution in [0.15, 0.2) is 119 Å². The van der Waals surface area contributed by atoms with E-state index in [2.05, 4.69) is 20.9 Å². The number of amides is 2. The van der Waals surface area contributed by atoms with E-state index < -0.39 is 54.4 Å². The summed E-state index contributed by atoms with van der Waals surface area (Å²) in [6.07, 6.45) is -5.46. The first-order chi connectivity index (χ1) is 25.4. The lowest BCUT2D eigenvalue weighted by Crippen LogP contribution is -2.55. The second kappa shape index (κ2) is 17.4. The Bertz CT molecular complexity index is 1830. The zero-order valence-corrected chi connectivity index (χ0v) is 30.0. The van der Waals surface area contributed by atoms with Crippen LogP contribution in [-0.4, -0.2) is 55.5 Å². The summed E-state index contributed by atoms with van der Waals surface area (Å²) in [5.74, 6) is -1.08. The van der Waals surface area contributed by atoms with Gasteiger partial charge in [0.05, 0.1) is 7.11 Å². The number of methoxy groups -OCH3 is 1. The largest absolute Gasteiger partial charge is 0.497 e. The SMILES string of the molecule is COc1ccc(CSC[C@H](NC(=O)COc2cccc(C3(C(F)(F)F)N=N3)c2)C(=O)N[C@@H](C(=O)OC(c2ccccc2)c2ccccc2)C(C)C)cc1. The maximum absolute atomic E-state index is 13.8. The summed E-state index contributed by atoms with van der Waals surface area (Å²) < 4.78 is 57.4. The van der Waals surface area contributed by atoms with E-state index in [-0.39, 0.29) is 23.0 Å². The lowest BCUT2D eigenvalue weighted by Gasteiger charge is -2.27. The minimum Gasteiger partial charge on any atom is -0.497 e. The van der Waals surface area contributed by atoms with Crippen LogP contribution in [0.2, 0.25) is 0 Å². The molecule has 0 aliphatic carbocycles. The molecule has 0 saturated heterocycles. The molecule has 2 N–H and O–H groups in total. The van der Waals surface area contributed by atoms with Crippen LogP contribution in [0.4, 0.5) is 13.2 Å². The van der Waals surface area contributed by atoms with E-state index in [0.29, 0.717) is 11.5 Å². The number of benzene rings is 4. The van der Waals surface area contributed by atoms with Gasteiger partial charge in [-0.05, 0) is 46.9 Å². The van der Waals surface area contributed by atoms with Crippen molar-refractivity contribution in [3.05, 3.63) is 131 Å². The molecule has 0 unspecified atom stereocenters. The van der Waals surface area contributed by atoms with Crippen molar-refractivity contribution < 1.29 is 41.8 Å². The van der Waals surface area contributed by atoms with E-state index in [9.17, 15) is 27.6 Å². The van der Waals surface area contributed by atoms with Crippen molar-refractivity contribution in [1.29, 1.82) is 0 Å². The van der Waals surface area contributed by atoms with Gasteiger partial charge in [-0.3, -0.25) is 9.59 Å². The van der Waals surface area contributed by atoms with Gasteiger partial charge in [0.1, 0.15) is 23.6 Å². The fourth-order valence-electron chi connectivity index (χ4n) is 5.35. The Morgan fingerprint density at radius 1 is 0.811 bits per heavy atom. The van der Waals surface area contributed by atoms with Gasteiger partial charge in [-0.15, -0.1) is 10.2 Å². The second-order valence-corrected chi connectivity index (χ2v) is 13.6. The van der Waals surface area contributed by atoms with Gasteiger partial charge in [-0.25, -0.2) is 4.79 Å². The molecule has 10 nitrogen and oxygen atoms in total. The van der Waals surface area contributed by atoms with Crippen LogP contribution in [0.25, 0.3) is 0 Å². The molecule has 2 atom stereocenters. The van der Waals surface area contributed by atoms with Crippen LogP contribution in [0, 0.1) is 5.92 Å². The van der Waals surface area contributed by atoms with Gasteiger partial charge in [-0.2, -0.15) is 24.9 Å². The summed E-state index contributed by atoms with van der Waals surface area (Å²) in [5, 5.41) is 11.9. The highest BCUT2D eigenvalue weighted by molar-refractivity contribution is 7.98. The first-order valence-corrected chi connectivity index (χ1v) is 17.9. The summed E-state index contributed by atoms with van der Waals surface area (Å²) in [4.78, 5) is 40.8. The van der Waals surface area contributed by atoms with Crippen molar-refractivity contribution in [3.63, 3.8) is 0 Å². The number of esters is 1. The fourth-order valence-corrected chi connectivity index (χ4v) is 6.37. The van der Waals surface area contributed by atoms with Crippen molar-refractivity contribution in [3.8, 4) is 11.5 Å². The third kappa shape index (κ3) is 10.2. The molecule has 14 heteroatoms. The summed E-state index contributed by atoms with van der Waals surface area (Å²) in [7, 11) is 1.57. The highest BCUT2D eigenvalue weighted by atomic mass is 32.2. The number of alkyl halides is 3. The number of nitrogens with one attached hydrogen (secondary N) is 2. The molecule has 0 spiro atoms. The molecule has 2 amide bonds. The third-order valence-corrected chi connectivity index (χ3v) is 9.43. The Hall–Kier alpha value is -5.37. The molecule has 4 aromatic rings. The smallest absolute Gasteiger partial charge is 0.442 e. The number of carbonyl (C=O) groups is 3. The predicted molar refractivity (Wildman–Crippen MR) is 193 cm³/mol. The van der Waals surface area contributed by atoms with E-state index in [1.54, 1.807) is 21.0 Å². The highest BCUT2D eigenvalue weighted by Crippen LogP contribution is 2.52. The Balaban J connectivity index is 1.28. The molecule has 53 heavy (non-hydrogen) atoms. The number of ether oxygens (including phenoxy) is 3. The number of rotatable bonds is 17. The van der Waals surface area contributed by atoms with Gasteiger partial charge < -0.3 is 24.8 Å². The minimum absolute atomic E-state index is 0.0116. The van der Waals surface area contributed by atoms with Gasteiger partial charge in [0, 0.05) is 17.1 Å². The molecule has 278 valence electrons. The number of halogens is 3. The lowest BCUT2D eigenvalue weighted by molar-refractivity contribution is -0.166. The molecule has 0 aromatic heterocycles. The number of hydrogen-bond donors (Lipinski definition) is 2. The average Bonchev–Trinajstić information content (AvgIpc) is 3.99. The number of carbonyl (C=O) groups excluding carboxylic acids is 3. The van der Waals surface area contributed by atoms with Crippen LogP contribution < -0.4 is 20.1 Å². The zero-order valence-electron chi connectivity index (χ0n) is 29.2. The number of hydrogen-bond acceptors (Lipinski definition) is 9. The Morgan fingerprint density at radius 2 is 1.43 bits per heavy atom. The fraction of sp³-hybridized carbons (Fsp3) is 0.308. The molecule has 5 rings (SSSR count). The maximum atomic E-state index is 13.8. The Kier molecular flexibility index (Phi) is 12.8. The molecule has 1 heterocycles. The van der Waals surface area contributed by atoms with Crippen molar-refractivity contribution in [2.45, 2.75) is 49.6 Å². The van der Waals surface area contributed by atoms with Crippen molar-refractivity contribution in [1.82, 2.24) is 10.6 Å². The van der Waals surface area contributed by atoms with Crippen LogP contribution in [0.3, 0.4) is 0 Å². The van der Waals surface area contributed by atoms with Gasteiger partial charge in [0.15, 0.2) is 12.7 Å². The lowest BCUT2D eigenvalue weighted by atomic mass is 10.0. The number of thioether (sulfide) groups is 1. The topological polar surface area (TPSA) is 128 Å². The maximum Gasteiger partial charge on any atom is 0.442 e. The third-order valence-electron chi connectivity index (χ3n) is 8.32. The van der Waals surface area contributed by atoms with Crippen molar-refractivity contribution in [2.24, 2.45) is 16.1 Å². The normalized spacial score (nSPS) is 14.3. The van der Waals surface area contributed by atoms with E-state index in [1.165, 1.54) is 30.0 Å². The van der Waals surface area contributed by atoms with E-state index in [0.717, 1.165) is 22.8 Å². The summed E-state index contributed by atoms with van der Waals surface area (Å²) in [6, 6.07) is 28.8. The summed E-state index contributed by atoms with van der Waals surface area (Å²) in [6.45, 7) is 2.94. The molecule has 1 aliphatic heterocycles. The highest BCUT2D eigenvalue weighted by Gasteiger charge is 2.65. The monoisotopic (exact) mass is 748 g/mol. The second-order valence-electron chi connectivity index (χ2n) is 12.5. The molecular weight excluding hydrogens is 710 g/mol. The zero-order chi connectivity index (χ0) is 38.0. The summed E-state index contributed by atoms with van der Waals surface area (Å²) in [5.41, 5.74) is -0.438. The standard InChI is InChI=1S/C39H39F3N4O6S/c1-25(2)34(37(49)52-35(27-11-6-4-7-12-27)28-13-8-5-9-14-28)44-36(48)32(24-53-23-26-17-19-30(50-3)20-18-26)43-33(47)22-51-31-16-10-15-29(21-31)38(45-46-38)39(40,41)42/h4-21,25,32,34-35H,22-24H2,1-3H3,(H,43,47)(H,44,48)/t32-,34+/m0/s1. The van der Waals surface area contributed by atoms with Crippen LogP contribution in [0.5, 0.6) is 11.5 Å².